The Morgan fingerprint density at radius 2 is 0.700 bits per heavy atom. The zero-order chi connectivity index (χ0) is 42.0. The standard InChI is InChI=1S/C50H50O10/c51-47(33-19-39-15-7-5-8-16-39)57-37-13-3-1-11-35-55-43-25-21-41(22-26-43)49(53)59-45-29-31-46(32-30-45)60-50(54)42-23-27-44(28-24-42)56-36-12-2-4-14-38-58-48(52)34-20-40-17-9-6-10-18-40/h5-10,15-34H,1-4,11-14,35-38H2. The lowest BCUT2D eigenvalue weighted by atomic mass is 10.2. The molecule has 10 nitrogen and oxygen atoms in total. The van der Waals surface area contributed by atoms with E-state index in [1.54, 1.807) is 84.9 Å². The molecule has 0 bridgehead atoms. The average molecular weight is 811 g/mol. The second kappa shape index (κ2) is 25.4. The zero-order valence-electron chi connectivity index (χ0n) is 33.6. The van der Waals surface area contributed by atoms with Crippen molar-refractivity contribution in [3.63, 3.8) is 0 Å². The summed E-state index contributed by atoms with van der Waals surface area (Å²) in [5.41, 5.74) is 2.62. The molecule has 0 aliphatic carbocycles. The van der Waals surface area contributed by atoms with Crippen LogP contribution < -0.4 is 18.9 Å². The second-order valence-electron chi connectivity index (χ2n) is 13.6. The Morgan fingerprint density at radius 3 is 1.07 bits per heavy atom. The number of unbranched alkanes of at least 4 members (excludes halogenated alkanes) is 6. The minimum absolute atomic E-state index is 0.301. The number of benzene rings is 5. The molecule has 0 saturated heterocycles. The molecule has 0 saturated carbocycles. The minimum atomic E-state index is -0.532. The van der Waals surface area contributed by atoms with Crippen LogP contribution >= 0.6 is 0 Å². The van der Waals surface area contributed by atoms with Crippen molar-refractivity contribution in [2.24, 2.45) is 0 Å². The summed E-state index contributed by atoms with van der Waals surface area (Å²) >= 11 is 0. The molecule has 5 aromatic carbocycles. The Hall–Kier alpha value is -6.94. The first-order valence-electron chi connectivity index (χ1n) is 20.2. The number of esters is 4. The van der Waals surface area contributed by atoms with Crippen LogP contribution in [0.25, 0.3) is 12.2 Å². The van der Waals surface area contributed by atoms with E-state index in [1.807, 2.05) is 60.7 Å². The van der Waals surface area contributed by atoms with Crippen LogP contribution in [0.3, 0.4) is 0 Å². The van der Waals surface area contributed by atoms with Gasteiger partial charge in [-0.25, -0.2) is 19.2 Å². The topological polar surface area (TPSA) is 124 Å². The van der Waals surface area contributed by atoms with E-state index in [0.717, 1.165) is 62.5 Å². The molecule has 0 unspecified atom stereocenters. The van der Waals surface area contributed by atoms with Gasteiger partial charge in [0.2, 0.25) is 0 Å². The maximum Gasteiger partial charge on any atom is 0.343 e. The van der Waals surface area contributed by atoms with Gasteiger partial charge < -0.3 is 28.4 Å². The molecule has 0 N–H and O–H groups in total. The van der Waals surface area contributed by atoms with Crippen LogP contribution in [0.4, 0.5) is 0 Å². The van der Waals surface area contributed by atoms with E-state index in [-0.39, 0.29) is 11.9 Å². The first-order valence-corrected chi connectivity index (χ1v) is 20.2. The van der Waals surface area contributed by atoms with Crippen molar-refractivity contribution < 1.29 is 47.6 Å². The number of hydrogen-bond acceptors (Lipinski definition) is 10. The number of ether oxygens (including phenoxy) is 6. The molecular weight excluding hydrogens is 761 g/mol. The molecule has 0 aliphatic rings. The number of hydrogen-bond donors (Lipinski definition) is 0. The van der Waals surface area contributed by atoms with Crippen LogP contribution in [-0.2, 0) is 19.1 Å². The Bertz CT molecular complexity index is 1950. The highest BCUT2D eigenvalue weighted by Crippen LogP contribution is 2.22. The summed E-state index contributed by atoms with van der Waals surface area (Å²) in [5.74, 6) is 0.136. The van der Waals surface area contributed by atoms with E-state index in [1.165, 1.54) is 12.2 Å². The van der Waals surface area contributed by atoms with Gasteiger partial charge in [0.15, 0.2) is 0 Å². The van der Waals surface area contributed by atoms with Crippen molar-refractivity contribution in [1.82, 2.24) is 0 Å². The summed E-state index contributed by atoms with van der Waals surface area (Å²) in [5, 5.41) is 0. The quantitative estimate of drug-likeness (QED) is 0.0257. The third-order valence-electron chi connectivity index (χ3n) is 8.95. The molecule has 0 aromatic heterocycles. The summed E-state index contributed by atoms with van der Waals surface area (Å²) in [6, 6.07) is 38.8. The van der Waals surface area contributed by atoms with Crippen LogP contribution in [0, 0.1) is 0 Å². The first kappa shape index (κ1) is 44.2. The molecule has 5 rings (SSSR count). The molecule has 0 fully saturated rings. The Morgan fingerprint density at radius 1 is 0.367 bits per heavy atom. The van der Waals surface area contributed by atoms with Crippen molar-refractivity contribution in [2.45, 2.75) is 51.4 Å². The maximum atomic E-state index is 12.7. The summed E-state index contributed by atoms with van der Waals surface area (Å²) in [7, 11) is 0. The van der Waals surface area contributed by atoms with Crippen molar-refractivity contribution in [3.8, 4) is 23.0 Å². The van der Waals surface area contributed by atoms with Gasteiger partial charge in [0.1, 0.15) is 23.0 Å². The summed E-state index contributed by atoms with van der Waals surface area (Å²) in [6.45, 7) is 1.81. The van der Waals surface area contributed by atoms with Crippen molar-refractivity contribution in [2.75, 3.05) is 26.4 Å². The Balaban J connectivity index is 0.891. The van der Waals surface area contributed by atoms with E-state index >= 15 is 0 Å². The number of carbonyl (C=O) groups is 4. The van der Waals surface area contributed by atoms with Crippen LogP contribution in [-0.4, -0.2) is 50.3 Å². The van der Waals surface area contributed by atoms with Gasteiger partial charge in [-0.1, -0.05) is 60.7 Å². The molecule has 60 heavy (non-hydrogen) atoms. The van der Waals surface area contributed by atoms with E-state index in [2.05, 4.69) is 0 Å². The van der Waals surface area contributed by atoms with Gasteiger partial charge in [0, 0.05) is 12.2 Å². The fourth-order valence-electron chi connectivity index (χ4n) is 5.68. The molecule has 5 aromatic rings. The monoisotopic (exact) mass is 810 g/mol. The second-order valence-corrected chi connectivity index (χ2v) is 13.6. The molecule has 10 heteroatoms. The predicted molar refractivity (Wildman–Crippen MR) is 230 cm³/mol. The normalized spacial score (nSPS) is 10.9. The molecule has 0 aliphatic heterocycles. The molecule has 0 spiro atoms. The Labute approximate surface area is 351 Å². The van der Waals surface area contributed by atoms with E-state index in [9.17, 15) is 19.2 Å². The van der Waals surface area contributed by atoms with Crippen molar-refractivity contribution >= 4 is 36.0 Å². The van der Waals surface area contributed by atoms with Gasteiger partial charge >= 0.3 is 23.9 Å². The maximum absolute atomic E-state index is 12.7. The van der Waals surface area contributed by atoms with Gasteiger partial charge in [-0.15, -0.1) is 0 Å². The lowest BCUT2D eigenvalue weighted by Crippen LogP contribution is -2.10. The summed E-state index contributed by atoms with van der Waals surface area (Å²) in [6.07, 6.45) is 13.3. The molecular formula is C50H50O10. The molecule has 0 atom stereocenters. The smallest absolute Gasteiger partial charge is 0.343 e. The van der Waals surface area contributed by atoms with Crippen LogP contribution in [0.5, 0.6) is 23.0 Å². The van der Waals surface area contributed by atoms with Crippen LogP contribution in [0.2, 0.25) is 0 Å². The molecule has 310 valence electrons. The number of carbonyl (C=O) groups excluding carboxylic acids is 4. The average Bonchev–Trinajstić information content (AvgIpc) is 3.28. The molecule has 0 radical (unpaired) electrons. The fourth-order valence-corrected chi connectivity index (χ4v) is 5.68. The Kier molecular flexibility index (Phi) is 18.7. The van der Waals surface area contributed by atoms with Gasteiger partial charge in [0.05, 0.1) is 37.6 Å². The lowest BCUT2D eigenvalue weighted by molar-refractivity contribution is -0.138. The van der Waals surface area contributed by atoms with E-state index in [4.69, 9.17) is 28.4 Å². The lowest BCUT2D eigenvalue weighted by Gasteiger charge is -2.09. The van der Waals surface area contributed by atoms with Gasteiger partial charge in [-0.05, 0) is 147 Å². The zero-order valence-corrected chi connectivity index (χ0v) is 33.6. The van der Waals surface area contributed by atoms with Crippen LogP contribution in [0.1, 0.15) is 83.2 Å². The third-order valence-corrected chi connectivity index (χ3v) is 8.95. The van der Waals surface area contributed by atoms with Gasteiger partial charge in [-0.3, -0.25) is 0 Å². The highest BCUT2D eigenvalue weighted by atomic mass is 16.5. The highest BCUT2D eigenvalue weighted by Gasteiger charge is 2.12. The van der Waals surface area contributed by atoms with Crippen molar-refractivity contribution in [3.05, 3.63) is 168 Å². The fraction of sp³-hybridized carbons (Fsp3) is 0.240. The largest absolute Gasteiger partial charge is 0.494 e. The highest BCUT2D eigenvalue weighted by molar-refractivity contribution is 5.92. The SMILES string of the molecule is O=C(C=Cc1ccccc1)OCCCCCCOc1ccc(C(=O)Oc2ccc(OC(=O)c3ccc(OCCCCCCOC(=O)C=Cc4ccccc4)cc3)cc2)cc1. The van der Waals surface area contributed by atoms with Gasteiger partial charge in [0.25, 0.3) is 0 Å². The summed E-state index contributed by atoms with van der Waals surface area (Å²) in [4.78, 5) is 49.2. The van der Waals surface area contributed by atoms with Crippen molar-refractivity contribution in [1.29, 1.82) is 0 Å². The predicted octanol–water partition coefficient (Wildman–Crippen LogP) is 10.5. The molecule has 0 heterocycles. The van der Waals surface area contributed by atoms with Gasteiger partial charge in [-0.2, -0.15) is 0 Å². The number of rotatable bonds is 24. The van der Waals surface area contributed by atoms with E-state index in [0.29, 0.717) is 60.6 Å². The molecule has 0 amide bonds. The van der Waals surface area contributed by atoms with E-state index < -0.39 is 11.9 Å². The minimum Gasteiger partial charge on any atom is -0.494 e. The van der Waals surface area contributed by atoms with Crippen LogP contribution in [0.15, 0.2) is 146 Å². The third kappa shape index (κ3) is 16.9. The first-order chi connectivity index (χ1) is 29.4. The summed E-state index contributed by atoms with van der Waals surface area (Å²) < 4.78 is 33.1.